The maximum Gasteiger partial charge on any atom is 0.177 e. The maximum absolute atomic E-state index is 10.0. The minimum atomic E-state index is -0.638. The van der Waals surface area contributed by atoms with Crippen LogP contribution in [0.4, 0.5) is 0 Å². The molecule has 0 saturated heterocycles. The minimum absolute atomic E-state index is 0.266. The Morgan fingerprint density at radius 1 is 1.44 bits per heavy atom. The summed E-state index contributed by atoms with van der Waals surface area (Å²) in [7, 11) is 2.16. The highest BCUT2D eigenvalue weighted by Gasteiger charge is 2.11. The number of aliphatic hydroxyl groups is 1. The molecule has 0 aliphatic carbocycles. The van der Waals surface area contributed by atoms with Gasteiger partial charge in [0.2, 0.25) is 0 Å². The van der Waals surface area contributed by atoms with Crippen molar-refractivity contribution in [3.63, 3.8) is 0 Å². The van der Waals surface area contributed by atoms with E-state index in [1.807, 2.05) is 36.2 Å². The van der Waals surface area contributed by atoms with E-state index < -0.39 is 6.10 Å². The summed E-state index contributed by atoms with van der Waals surface area (Å²) in [5.41, 5.74) is 1.94. The lowest BCUT2D eigenvalue weighted by atomic mass is 10.0. The number of tetrazole rings is 1. The lowest BCUT2D eigenvalue weighted by Gasteiger charge is -2.12. The van der Waals surface area contributed by atoms with E-state index in [1.54, 1.807) is 0 Å². The molecule has 1 aromatic heterocycles. The second kappa shape index (κ2) is 5.70. The van der Waals surface area contributed by atoms with Crippen LogP contribution in [0.3, 0.4) is 0 Å². The largest absolute Gasteiger partial charge is 0.388 e. The Balaban J connectivity index is 1.97. The second-order valence-corrected chi connectivity index (χ2v) is 4.30. The molecule has 0 bridgehead atoms. The normalized spacial score (nSPS) is 13.6. The molecule has 1 unspecified atom stereocenters. The van der Waals surface area contributed by atoms with Crippen LogP contribution in [0, 0.1) is 0 Å². The molecule has 0 saturated carbocycles. The third kappa shape index (κ3) is 3.35. The zero-order valence-electron chi connectivity index (χ0n) is 11.2. The van der Waals surface area contributed by atoms with Crippen LogP contribution in [0.5, 0.6) is 0 Å². The Morgan fingerprint density at radius 3 is 2.83 bits per heavy atom. The number of hydrogen-bond donors (Lipinski definition) is 2. The summed E-state index contributed by atoms with van der Waals surface area (Å²) in [6.45, 7) is 0.727. The summed E-state index contributed by atoms with van der Waals surface area (Å²) in [5.74, 6) is 0.491. The summed E-state index contributed by atoms with van der Waals surface area (Å²) in [4.78, 5) is 1.89. The van der Waals surface area contributed by atoms with Crippen molar-refractivity contribution in [2.45, 2.75) is 19.1 Å². The number of aromatic nitrogens is 4. The van der Waals surface area contributed by atoms with Crippen molar-refractivity contribution in [1.29, 1.82) is 0 Å². The average Bonchev–Trinajstić information content (AvgIpc) is 2.92. The van der Waals surface area contributed by atoms with Gasteiger partial charge in [0.25, 0.3) is 0 Å². The molecule has 1 heterocycles. The van der Waals surface area contributed by atoms with Crippen LogP contribution in [0.15, 0.2) is 24.3 Å². The molecule has 0 fully saturated rings. The number of rotatable bonds is 5. The number of aliphatic hydroxyl groups excluding tert-OH is 1. The first-order valence-electron chi connectivity index (χ1n) is 6.36. The third-order valence-electron chi connectivity index (χ3n) is 2.58. The van der Waals surface area contributed by atoms with E-state index in [0.29, 0.717) is 12.2 Å². The highest BCUT2D eigenvalue weighted by Crippen LogP contribution is 2.17. The van der Waals surface area contributed by atoms with Gasteiger partial charge in [0, 0.05) is 14.3 Å². The standard InChI is InChI=1S/C12H17N5O/c1-17(2)8-9-3-5-10(6-4-9)11(18)7-12-13-15-16-14-12/h3-6,11,18H,7-8H2,1-2H3,(H,13,14,15,16)/i1D. The van der Waals surface area contributed by atoms with Crippen molar-refractivity contribution in [3.05, 3.63) is 41.2 Å². The summed E-state index contributed by atoms with van der Waals surface area (Å²) >= 11 is 0. The molecule has 0 amide bonds. The van der Waals surface area contributed by atoms with Gasteiger partial charge in [-0.2, -0.15) is 5.21 Å². The molecular weight excluding hydrogens is 230 g/mol. The monoisotopic (exact) mass is 248 g/mol. The number of nitrogens with one attached hydrogen (secondary N) is 1. The third-order valence-corrected chi connectivity index (χ3v) is 2.58. The molecule has 2 N–H and O–H groups in total. The quantitative estimate of drug-likeness (QED) is 0.807. The molecule has 96 valence electrons. The van der Waals surface area contributed by atoms with E-state index in [2.05, 4.69) is 20.6 Å². The Labute approximate surface area is 107 Å². The maximum atomic E-state index is 10.0. The van der Waals surface area contributed by atoms with Gasteiger partial charge in [0.05, 0.1) is 6.10 Å². The van der Waals surface area contributed by atoms with E-state index in [-0.39, 0.29) is 7.02 Å². The minimum Gasteiger partial charge on any atom is -0.388 e. The van der Waals surface area contributed by atoms with Crippen molar-refractivity contribution in [2.24, 2.45) is 0 Å². The first-order valence-corrected chi connectivity index (χ1v) is 5.66. The highest BCUT2D eigenvalue weighted by molar-refractivity contribution is 5.24. The van der Waals surface area contributed by atoms with Crippen LogP contribution in [0.1, 0.15) is 24.4 Å². The van der Waals surface area contributed by atoms with Gasteiger partial charge >= 0.3 is 0 Å². The Kier molecular flexibility index (Phi) is 3.58. The van der Waals surface area contributed by atoms with Crippen LogP contribution in [-0.4, -0.2) is 44.7 Å². The van der Waals surface area contributed by atoms with Crippen molar-refractivity contribution >= 4 is 0 Å². The number of aromatic amines is 1. The molecule has 0 radical (unpaired) electrons. The summed E-state index contributed by atoms with van der Waals surface area (Å²) < 4.78 is 7.24. The Morgan fingerprint density at radius 2 is 2.22 bits per heavy atom. The molecule has 2 rings (SSSR count). The smallest absolute Gasteiger partial charge is 0.177 e. The molecule has 0 spiro atoms. The van der Waals surface area contributed by atoms with Crippen molar-refractivity contribution < 1.29 is 6.48 Å². The number of benzene rings is 1. The first kappa shape index (κ1) is 11.3. The zero-order chi connectivity index (χ0) is 13.7. The van der Waals surface area contributed by atoms with E-state index in [9.17, 15) is 5.11 Å². The van der Waals surface area contributed by atoms with Gasteiger partial charge in [0.15, 0.2) is 5.82 Å². The number of hydrogen-bond acceptors (Lipinski definition) is 5. The number of H-pyrrole nitrogens is 1. The molecule has 6 heteroatoms. The Hall–Kier alpha value is -1.79. The van der Waals surface area contributed by atoms with Crippen molar-refractivity contribution in [2.75, 3.05) is 14.1 Å². The van der Waals surface area contributed by atoms with Gasteiger partial charge in [-0.1, -0.05) is 29.5 Å². The van der Waals surface area contributed by atoms with Crippen LogP contribution >= 0.6 is 0 Å². The molecule has 18 heavy (non-hydrogen) atoms. The summed E-state index contributed by atoms with van der Waals surface area (Å²) in [6, 6.07) is 7.69. The SMILES string of the molecule is [2H]CN(C)Cc1ccc(C(O)Cc2nn[nH]n2)cc1. The molecule has 1 atom stereocenters. The van der Waals surface area contributed by atoms with Crippen molar-refractivity contribution in [3.8, 4) is 0 Å². The fourth-order valence-electron chi connectivity index (χ4n) is 1.72. The van der Waals surface area contributed by atoms with E-state index >= 15 is 0 Å². The van der Waals surface area contributed by atoms with Crippen LogP contribution < -0.4 is 0 Å². The van der Waals surface area contributed by atoms with Gasteiger partial charge in [-0.25, -0.2) is 0 Å². The van der Waals surface area contributed by atoms with Crippen molar-refractivity contribution in [1.82, 2.24) is 25.5 Å². The zero-order valence-corrected chi connectivity index (χ0v) is 10.2. The molecule has 6 nitrogen and oxygen atoms in total. The fourth-order valence-corrected chi connectivity index (χ4v) is 1.72. The van der Waals surface area contributed by atoms with Crippen LogP contribution in [0.25, 0.3) is 0 Å². The number of nitrogens with zero attached hydrogens (tertiary/aromatic N) is 4. The van der Waals surface area contributed by atoms with Gasteiger partial charge in [-0.05, 0) is 25.2 Å². The summed E-state index contributed by atoms with van der Waals surface area (Å²) in [5, 5.41) is 23.5. The second-order valence-electron chi connectivity index (χ2n) is 4.30. The van der Waals surface area contributed by atoms with Gasteiger partial charge in [-0.3, -0.25) is 0 Å². The molecule has 2 aromatic rings. The lowest BCUT2D eigenvalue weighted by Crippen LogP contribution is -2.10. The lowest BCUT2D eigenvalue weighted by molar-refractivity contribution is 0.176. The van der Waals surface area contributed by atoms with Gasteiger partial charge in [0.1, 0.15) is 0 Å². The van der Waals surface area contributed by atoms with E-state index in [4.69, 9.17) is 1.37 Å². The highest BCUT2D eigenvalue weighted by atomic mass is 16.3. The van der Waals surface area contributed by atoms with E-state index in [0.717, 1.165) is 17.7 Å². The van der Waals surface area contributed by atoms with Gasteiger partial charge < -0.3 is 10.0 Å². The molecule has 1 aromatic carbocycles. The average molecular weight is 248 g/mol. The van der Waals surface area contributed by atoms with Gasteiger partial charge in [-0.15, -0.1) is 10.2 Å². The molecule has 0 aliphatic heterocycles. The fraction of sp³-hybridized carbons (Fsp3) is 0.417. The van der Waals surface area contributed by atoms with E-state index in [1.165, 1.54) is 0 Å². The van der Waals surface area contributed by atoms with Crippen LogP contribution in [0.2, 0.25) is 0 Å². The molecule has 0 aliphatic rings. The van der Waals surface area contributed by atoms with Crippen LogP contribution in [-0.2, 0) is 13.0 Å². The predicted molar refractivity (Wildman–Crippen MR) is 66.7 cm³/mol. The predicted octanol–water partition coefficient (Wildman–Crippen LogP) is 0.537. The topological polar surface area (TPSA) is 77.9 Å². The summed E-state index contributed by atoms with van der Waals surface area (Å²) in [6.07, 6.45) is -0.303. The first-order chi connectivity index (χ1) is 9.19. The molecular formula is C12H17N5O. The Bertz CT molecular complexity index is 487.